The second-order valence-electron chi connectivity index (χ2n) is 7.37. The van der Waals surface area contributed by atoms with Crippen LogP contribution in [0.25, 0.3) is 0 Å². The first-order valence-corrected chi connectivity index (χ1v) is 8.99. The van der Waals surface area contributed by atoms with Crippen molar-refractivity contribution in [2.75, 3.05) is 54.4 Å². The quantitative estimate of drug-likeness (QED) is 0.830. The van der Waals surface area contributed by atoms with Gasteiger partial charge in [0.1, 0.15) is 0 Å². The molecule has 2 heterocycles. The summed E-state index contributed by atoms with van der Waals surface area (Å²) in [6, 6.07) is 2.34. The van der Waals surface area contributed by atoms with Gasteiger partial charge in [-0.15, -0.1) is 11.3 Å². The molecule has 1 fully saturated rings. The van der Waals surface area contributed by atoms with Gasteiger partial charge < -0.3 is 14.9 Å². The summed E-state index contributed by atoms with van der Waals surface area (Å²) in [5.74, 6) is 0. The van der Waals surface area contributed by atoms with Gasteiger partial charge in [0.05, 0.1) is 6.61 Å². The molecular formula is C17H31N3OS. The largest absolute Gasteiger partial charge is 0.396 e. The Kier molecular flexibility index (Phi) is 6.41. The molecule has 5 heteroatoms. The summed E-state index contributed by atoms with van der Waals surface area (Å²) in [6.07, 6.45) is 2.32. The van der Waals surface area contributed by atoms with Crippen molar-refractivity contribution in [2.45, 2.75) is 25.9 Å². The molecule has 1 N–H and O–H groups in total. The molecule has 1 aromatic heterocycles. The minimum atomic E-state index is 0.0471. The third-order valence-electron chi connectivity index (χ3n) is 4.31. The zero-order chi connectivity index (χ0) is 16.2. The zero-order valence-electron chi connectivity index (χ0n) is 14.5. The second kappa shape index (κ2) is 7.88. The van der Waals surface area contributed by atoms with E-state index in [1.54, 1.807) is 0 Å². The number of piperidine rings is 1. The summed E-state index contributed by atoms with van der Waals surface area (Å²) in [7, 11) is 8.42. The van der Waals surface area contributed by atoms with Gasteiger partial charge in [-0.1, -0.05) is 0 Å². The smallest absolute Gasteiger partial charge is 0.0512 e. The minimum absolute atomic E-state index is 0.0471. The predicted molar refractivity (Wildman–Crippen MR) is 94.3 cm³/mol. The van der Waals surface area contributed by atoms with E-state index in [2.05, 4.69) is 54.3 Å². The summed E-state index contributed by atoms with van der Waals surface area (Å²) >= 11 is 1.87. The Bertz CT molecular complexity index is 461. The number of nitrogens with zero attached hydrogens (tertiary/aromatic N) is 3. The lowest BCUT2D eigenvalue weighted by Gasteiger charge is -2.43. The Hall–Kier alpha value is -0.460. The Labute approximate surface area is 139 Å². The molecule has 4 nitrogen and oxygen atoms in total. The SMILES string of the molecule is CN(C)Cc1csc(CN2CCCC(CO)(CN(C)C)C2)c1. The van der Waals surface area contributed by atoms with Crippen molar-refractivity contribution in [2.24, 2.45) is 5.41 Å². The molecule has 126 valence electrons. The number of aliphatic hydroxyl groups is 1. The third kappa shape index (κ3) is 5.03. The molecule has 1 aliphatic rings. The van der Waals surface area contributed by atoms with E-state index in [9.17, 15) is 5.11 Å². The molecule has 1 atom stereocenters. The maximum atomic E-state index is 9.92. The molecule has 0 radical (unpaired) electrons. The first-order chi connectivity index (χ1) is 10.4. The van der Waals surface area contributed by atoms with Gasteiger partial charge >= 0.3 is 0 Å². The van der Waals surface area contributed by atoms with Gasteiger partial charge in [-0.25, -0.2) is 0 Å². The van der Waals surface area contributed by atoms with Gasteiger partial charge in [-0.05, 0) is 64.6 Å². The van der Waals surface area contributed by atoms with Gasteiger partial charge in [0, 0.05) is 36.5 Å². The lowest BCUT2D eigenvalue weighted by atomic mass is 9.80. The van der Waals surface area contributed by atoms with Crippen LogP contribution in [0.15, 0.2) is 11.4 Å². The van der Waals surface area contributed by atoms with Gasteiger partial charge in [0.15, 0.2) is 0 Å². The van der Waals surface area contributed by atoms with E-state index >= 15 is 0 Å². The maximum Gasteiger partial charge on any atom is 0.0512 e. The molecule has 0 bridgehead atoms. The number of thiophene rings is 1. The van der Waals surface area contributed by atoms with Crippen LogP contribution >= 0.6 is 11.3 Å². The topological polar surface area (TPSA) is 30.0 Å². The van der Waals surface area contributed by atoms with Gasteiger partial charge in [-0.3, -0.25) is 4.90 Å². The predicted octanol–water partition coefficient (Wildman–Crippen LogP) is 1.95. The molecule has 1 saturated heterocycles. The van der Waals surface area contributed by atoms with Crippen LogP contribution in [0.1, 0.15) is 23.3 Å². The van der Waals surface area contributed by atoms with E-state index < -0.39 is 0 Å². The molecule has 0 aliphatic carbocycles. The van der Waals surface area contributed by atoms with E-state index in [4.69, 9.17) is 0 Å². The second-order valence-corrected chi connectivity index (χ2v) is 8.36. The lowest BCUT2D eigenvalue weighted by Crippen LogP contribution is -2.49. The highest BCUT2D eigenvalue weighted by atomic mass is 32.1. The highest BCUT2D eigenvalue weighted by Gasteiger charge is 2.35. The lowest BCUT2D eigenvalue weighted by molar-refractivity contribution is 0.0109. The van der Waals surface area contributed by atoms with Crippen molar-refractivity contribution >= 4 is 11.3 Å². The van der Waals surface area contributed by atoms with Crippen LogP contribution in [0.2, 0.25) is 0 Å². The molecule has 2 rings (SSSR count). The van der Waals surface area contributed by atoms with Crippen molar-refractivity contribution < 1.29 is 5.11 Å². The fraction of sp³-hybridized carbons (Fsp3) is 0.765. The van der Waals surface area contributed by atoms with Crippen LogP contribution in [0.3, 0.4) is 0 Å². The van der Waals surface area contributed by atoms with Crippen LogP contribution in [-0.2, 0) is 13.1 Å². The first kappa shape index (κ1) is 17.9. The monoisotopic (exact) mass is 325 g/mol. The number of hydrogen-bond acceptors (Lipinski definition) is 5. The first-order valence-electron chi connectivity index (χ1n) is 8.11. The van der Waals surface area contributed by atoms with E-state index in [1.807, 2.05) is 11.3 Å². The van der Waals surface area contributed by atoms with Crippen LogP contribution in [0.5, 0.6) is 0 Å². The number of hydrogen-bond donors (Lipinski definition) is 1. The van der Waals surface area contributed by atoms with E-state index in [1.165, 1.54) is 16.9 Å². The Morgan fingerprint density at radius 3 is 2.68 bits per heavy atom. The molecule has 0 aromatic carbocycles. The average molecular weight is 326 g/mol. The fourth-order valence-corrected chi connectivity index (χ4v) is 4.52. The van der Waals surface area contributed by atoms with Crippen molar-refractivity contribution in [1.29, 1.82) is 0 Å². The molecular weight excluding hydrogens is 294 g/mol. The number of rotatable bonds is 7. The highest BCUT2D eigenvalue weighted by molar-refractivity contribution is 7.10. The summed E-state index contributed by atoms with van der Waals surface area (Å²) < 4.78 is 0. The minimum Gasteiger partial charge on any atom is -0.396 e. The van der Waals surface area contributed by atoms with Gasteiger partial charge in [0.25, 0.3) is 0 Å². The molecule has 0 amide bonds. The average Bonchev–Trinajstić information content (AvgIpc) is 2.84. The Morgan fingerprint density at radius 1 is 1.27 bits per heavy atom. The summed E-state index contributed by atoms with van der Waals surface area (Å²) in [4.78, 5) is 8.38. The van der Waals surface area contributed by atoms with E-state index in [0.717, 1.165) is 39.1 Å². The Morgan fingerprint density at radius 2 is 2.05 bits per heavy atom. The zero-order valence-corrected chi connectivity index (χ0v) is 15.3. The van der Waals surface area contributed by atoms with Gasteiger partial charge in [-0.2, -0.15) is 0 Å². The van der Waals surface area contributed by atoms with Crippen molar-refractivity contribution in [3.8, 4) is 0 Å². The Balaban J connectivity index is 1.96. The van der Waals surface area contributed by atoms with E-state index in [-0.39, 0.29) is 12.0 Å². The molecule has 1 aliphatic heterocycles. The maximum absolute atomic E-state index is 9.92. The van der Waals surface area contributed by atoms with Crippen LogP contribution in [0.4, 0.5) is 0 Å². The van der Waals surface area contributed by atoms with Crippen molar-refractivity contribution in [1.82, 2.24) is 14.7 Å². The van der Waals surface area contributed by atoms with Crippen LogP contribution in [-0.4, -0.2) is 74.2 Å². The highest BCUT2D eigenvalue weighted by Crippen LogP contribution is 2.31. The fourth-order valence-electron chi connectivity index (χ4n) is 3.60. The standard InChI is InChI=1S/C17H31N3OS/c1-18(2)9-15-8-16(22-11-15)10-20-7-5-6-17(13-20,14-21)12-19(3)4/h8,11,21H,5-7,9-10,12-14H2,1-4H3. The molecule has 22 heavy (non-hydrogen) atoms. The van der Waals surface area contributed by atoms with Crippen molar-refractivity contribution in [3.63, 3.8) is 0 Å². The molecule has 0 spiro atoms. The van der Waals surface area contributed by atoms with E-state index in [0.29, 0.717) is 0 Å². The van der Waals surface area contributed by atoms with Crippen LogP contribution in [0, 0.1) is 5.41 Å². The summed E-state index contributed by atoms with van der Waals surface area (Å²) in [6.45, 7) is 5.44. The molecule has 0 saturated carbocycles. The molecule has 1 unspecified atom stereocenters. The number of likely N-dealkylation sites (tertiary alicyclic amines) is 1. The number of aliphatic hydroxyl groups excluding tert-OH is 1. The normalized spacial score (nSPS) is 23.6. The van der Waals surface area contributed by atoms with Crippen molar-refractivity contribution in [3.05, 3.63) is 21.9 Å². The summed E-state index contributed by atoms with van der Waals surface area (Å²) in [5.41, 5.74) is 1.45. The van der Waals surface area contributed by atoms with Crippen LogP contribution < -0.4 is 0 Å². The third-order valence-corrected chi connectivity index (χ3v) is 5.28. The summed E-state index contributed by atoms with van der Waals surface area (Å²) in [5, 5.41) is 12.2. The molecule has 1 aromatic rings. The van der Waals surface area contributed by atoms with Gasteiger partial charge in [0.2, 0.25) is 0 Å².